The predicted molar refractivity (Wildman–Crippen MR) is 130 cm³/mol. The van der Waals surface area contributed by atoms with Crippen molar-refractivity contribution >= 4 is 25.8 Å². The Kier molecular flexibility index (Phi) is 8.48. The largest absolute Gasteiger partial charge is 0.456 e. The van der Waals surface area contributed by atoms with Gasteiger partial charge in [0.1, 0.15) is 17.6 Å². The van der Waals surface area contributed by atoms with Crippen LogP contribution in [0.4, 0.5) is 13.2 Å². The van der Waals surface area contributed by atoms with Crippen LogP contribution in [0.3, 0.4) is 0 Å². The number of nitrogens with zero attached hydrogens (tertiary/aromatic N) is 1. The van der Waals surface area contributed by atoms with E-state index < -0.39 is 49.7 Å². The van der Waals surface area contributed by atoms with Crippen molar-refractivity contribution in [3.8, 4) is 17.6 Å². The van der Waals surface area contributed by atoms with Gasteiger partial charge in [0.05, 0.1) is 33.1 Å². The van der Waals surface area contributed by atoms with Crippen molar-refractivity contribution in [1.82, 2.24) is 4.72 Å². The quantitative estimate of drug-likeness (QED) is 0.401. The molecule has 0 bridgehead atoms. The highest BCUT2D eigenvalue weighted by atomic mass is 32.2. The van der Waals surface area contributed by atoms with Crippen LogP contribution in [0.25, 0.3) is 0 Å². The summed E-state index contributed by atoms with van der Waals surface area (Å²) in [6.07, 6.45) is -5.29. The first-order valence-corrected chi connectivity index (χ1v) is 14.2. The number of halogens is 3. The minimum absolute atomic E-state index is 0.0145. The Morgan fingerprint density at radius 2 is 1.66 bits per heavy atom. The lowest BCUT2D eigenvalue weighted by molar-refractivity contribution is -0.137. The topological polar surface area (TPSA) is 130 Å². The summed E-state index contributed by atoms with van der Waals surface area (Å²) in [5.41, 5.74) is -1.62. The van der Waals surface area contributed by atoms with Gasteiger partial charge in [-0.15, -0.1) is 0 Å². The third kappa shape index (κ3) is 7.11. The summed E-state index contributed by atoms with van der Waals surface area (Å²) in [5, 5.41) is 9.55. The molecule has 0 unspecified atom stereocenters. The molecule has 0 saturated carbocycles. The van der Waals surface area contributed by atoms with Gasteiger partial charge < -0.3 is 4.74 Å². The molecule has 3 rings (SSSR count). The Balaban J connectivity index is 1.95. The van der Waals surface area contributed by atoms with Crippen LogP contribution in [0.1, 0.15) is 30.0 Å². The number of alkyl halides is 3. The van der Waals surface area contributed by atoms with Crippen molar-refractivity contribution in [3.63, 3.8) is 0 Å². The minimum Gasteiger partial charge on any atom is -0.456 e. The Morgan fingerprint density at radius 1 is 0.974 bits per heavy atom. The molecule has 13 heteroatoms. The van der Waals surface area contributed by atoms with Gasteiger partial charge in [0, 0.05) is 0 Å². The van der Waals surface area contributed by atoms with Gasteiger partial charge in [0.25, 0.3) is 0 Å². The molecule has 0 aliphatic carbocycles. The Labute approximate surface area is 217 Å². The monoisotopic (exact) mass is 566 g/mol. The van der Waals surface area contributed by atoms with Crippen LogP contribution in [0.15, 0.2) is 76.5 Å². The van der Waals surface area contributed by atoms with Crippen molar-refractivity contribution < 1.29 is 39.5 Å². The second kappa shape index (κ2) is 11.2. The van der Waals surface area contributed by atoms with Crippen LogP contribution in [-0.2, 0) is 37.3 Å². The van der Waals surface area contributed by atoms with Crippen LogP contribution in [0, 0.1) is 11.3 Å². The molecule has 3 aromatic rings. The average molecular weight is 567 g/mol. The molecule has 0 aliphatic heterocycles. The number of nitrogens with one attached hydrogen (secondary N) is 1. The molecule has 0 aromatic heterocycles. The molecule has 1 N–H and O–H groups in total. The standard InChI is InChI=1S/C25H21F3N2O6S2/c1-2-10-37(32,33)30-24(31)13-17-11-19(25(26,27)28)15-20(12-17)36-23-9-8-22(14-18(23)16-29)38(34,35)21-6-4-3-5-7-21/h3-9,11-12,14-15H,2,10,13H2,1H3,(H,30,31). The SMILES string of the molecule is CCCS(=O)(=O)NC(=O)Cc1cc(Oc2ccc(S(=O)(=O)c3ccccc3)cc2C#N)cc(C(F)(F)F)c1. The highest BCUT2D eigenvalue weighted by Gasteiger charge is 2.32. The second-order valence-corrected chi connectivity index (χ2v) is 11.9. The van der Waals surface area contributed by atoms with E-state index in [1.807, 2.05) is 0 Å². The summed E-state index contributed by atoms with van der Waals surface area (Å²) in [6.45, 7) is 1.58. The summed E-state index contributed by atoms with van der Waals surface area (Å²) in [4.78, 5) is 11.9. The third-order valence-corrected chi connectivity index (χ3v) is 8.32. The molecule has 38 heavy (non-hydrogen) atoms. The lowest BCUT2D eigenvalue weighted by atomic mass is 10.1. The van der Waals surface area contributed by atoms with Gasteiger partial charge in [-0.25, -0.2) is 16.8 Å². The van der Waals surface area contributed by atoms with E-state index in [1.165, 1.54) is 24.3 Å². The second-order valence-electron chi connectivity index (χ2n) is 8.07. The van der Waals surface area contributed by atoms with Gasteiger partial charge in [-0.3, -0.25) is 9.52 Å². The molecule has 0 saturated heterocycles. The van der Waals surface area contributed by atoms with E-state index in [0.29, 0.717) is 12.1 Å². The van der Waals surface area contributed by atoms with Crippen LogP contribution < -0.4 is 9.46 Å². The smallest absolute Gasteiger partial charge is 0.416 e. The normalized spacial score (nSPS) is 12.0. The van der Waals surface area contributed by atoms with Crippen molar-refractivity contribution in [3.05, 3.63) is 83.4 Å². The van der Waals surface area contributed by atoms with E-state index in [4.69, 9.17) is 4.74 Å². The first-order valence-electron chi connectivity index (χ1n) is 11.0. The molecule has 0 fully saturated rings. The molecule has 200 valence electrons. The number of sulfone groups is 1. The van der Waals surface area contributed by atoms with E-state index >= 15 is 0 Å². The van der Waals surface area contributed by atoms with Gasteiger partial charge >= 0.3 is 6.18 Å². The Bertz CT molecular complexity index is 1600. The first-order chi connectivity index (χ1) is 17.7. The number of benzene rings is 3. The zero-order chi connectivity index (χ0) is 28.1. The van der Waals surface area contributed by atoms with Crippen LogP contribution in [0.5, 0.6) is 11.5 Å². The zero-order valence-corrected chi connectivity index (χ0v) is 21.5. The first kappa shape index (κ1) is 28.7. The van der Waals surface area contributed by atoms with Crippen molar-refractivity contribution in [2.75, 3.05) is 5.75 Å². The molecule has 0 heterocycles. The van der Waals surface area contributed by atoms with Gasteiger partial charge in [-0.2, -0.15) is 18.4 Å². The van der Waals surface area contributed by atoms with Crippen molar-refractivity contribution in [2.24, 2.45) is 0 Å². The fraction of sp³-hybridized carbons (Fsp3) is 0.200. The number of amides is 1. The highest BCUT2D eigenvalue weighted by Crippen LogP contribution is 2.35. The lowest BCUT2D eigenvalue weighted by Gasteiger charge is -2.14. The van der Waals surface area contributed by atoms with Crippen LogP contribution in [0.2, 0.25) is 0 Å². The van der Waals surface area contributed by atoms with Gasteiger partial charge in [-0.1, -0.05) is 25.1 Å². The number of carbonyl (C=O) groups excluding carboxylic acids is 1. The molecular formula is C25H21F3N2O6S2. The molecule has 0 spiro atoms. The van der Waals surface area contributed by atoms with E-state index in [0.717, 1.165) is 24.3 Å². The molecule has 0 aliphatic rings. The van der Waals surface area contributed by atoms with Crippen LogP contribution >= 0.6 is 0 Å². The molecule has 1 amide bonds. The van der Waals surface area contributed by atoms with E-state index in [9.17, 15) is 40.1 Å². The average Bonchev–Trinajstić information content (AvgIpc) is 2.83. The summed E-state index contributed by atoms with van der Waals surface area (Å²) in [6, 6.07) is 15.0. The maximum atomic E-state index is 13.5. The van der Waals surface area contributed by atoms with Gasteiger partial charge in [-0.05, 0) is 60.5 Å². The summed E-state index contributed by atoms with van der Waals surface area (Å²) in [7, 11) is -7.91. The molecular weight excluding hydrogens is 545 g/mol. The fourth-order valence-electron chi connectivity index (χ4n) is 3.42. The summed E-state index contributed by atoms with van der Waals surface area (Å²) in [5.74, 6) is -1.98. The molecule has 3 aromatic carbocycles. The fourth-order valence-corrected chi connectivity index (χ4v) is 5.78. The number of sulfonamides is 1. The van der Waals surface area contributed by atoms with Crippen molar-refractivity contribution in [2.45, 2.75) is 35.7 Å². The van der Waals surface area contributed by atoms with Gasteiger partial charge in [0.2, 0.25) is 25.8 Å². The number of rotatable bonds is 9. The maximum absolute atomic E-state index is 13.5. The number of ether oxygens (including phenoxy) is 1. The Hall–Kier alpha value is -3.89. The third-order valence-electron chi connectivity index (χ3n) is 5.06. The number of hydrogen-bond donors (Lipinski definition) is 1. The Morgan fingerprint density at radius 3 is 2.26 bits per heavy atom. The van der Waals surface area contributed by atoms with Crippen molar-refractivity contribution in [1.29, 1.82) is 5.26 Å². The van der Waals surface area contributed by atoms with E-state index in [2.05, 4.69) is 0 Å². The zero-order valence-electron chi connectivity index (χ0n) is 19.8. The number of carbonyl (C=O) groups is 1. The summed E-state index contributed by atoms with van der Waals surface area (Å²) >= 11 is 0. The number of hydrogen-bond acceptors (Lipinski definition) is 7. The molecule has 8 nitrogen and oxygen atoms in total. The highest BCUT2D eigenvalue weighted by molar-refractivity contribution is 7.91. The predicted octanol–water partition coefficient (Wildman–Crippen LogP) is 4.60. The molecule has 0 atom stereocenters. The van der Waals surface area contributed by atoms with E-state index in [1.54, 1.807) is 23.8 Å². The van der Waals surface area contributed by atoms with E-state index in [-0.39, 0.29) is 38.8 Å². The molecule has 0 radical (unpaired) electrons. The summed E-state index contributed by atoms with van der Waals surface area (Å²) < 4.78 is 97.2. The number of nitriles is 1. The van der Waals surface area contributed by atoms with Crippen LogP contribution in [-0.4, -0.2) is 28.5 Å². The van der Waals surface area contributed by atoms with Gasteiger partial charge in [0.15, 0.2) is 0 Å². The minimum atomic E-state index is -4.83. The lowest BCUT2D eigenvalue weighted by Crippen LogP contribution is -2.33. The maximum Gasteiger partial charge on any atom is 0.416 e.